The third-order valence-electron chi connectivity index (χ3n) is 5.65. The van der Waals surface area contributed by atoms with E-state index in [-0.39, 0.29) is 6.03 Å². The first-order chi connectivity index (χ1) is 13.8. The fourth-order valence-electron chi connectivity index (χ4n) is 3.97. The zero-order valence-corrected chi connectivity index (χ0v) is 16.4. The normalized spacial score (nSPS) is 17.5. The predicted molar refractivity (Wildman–Crippen MR) is 113 cm³/mol. The van der Waals surface area contributed by atoms with E-state index in [4.69, 9.17) is 0 Å². The zero-order valence-electron chi connectivity index (χ0n) is 16.4. The number of piperazine rings is 1. The molecule has 0 bridgehead atoms. The highest BCUT2D eigenvalue weighted by molar-refractivity contribution is 5.74. The molecule has 1 aromatic carbocycles. The van der Waals surface area contributed by atoms with Gasteiger partial charge in [0.15, 0.2) is 0 Å². The van der Waals surface area contributed by atoms with Gasteiger partial charge in [-0.05, 0) is 55.7 Å². The van der Waals surface area contributed by atoms with Crippen molar-refractivity contribution in [3.63, 3.8) is 0 Å². The van der Waals surface area contributed by atoms with Crippen LogP contribution in [0.15, 0.2) is 48.7 Å². The molecule has 6 heteroatoms. The summed E-state index contributed by atoms with van der Waals surface area (Å²) in [6, 6.07) is 14.7. The molecular formula is C22H29N5O. The summed E-state index contributed by atoms with van der Waals surface area (Å²) >= 11 is 0. The highest BCUT2D eigenvalue weighted by atomic mass is 16.2. The number of carbonyl (C=O) groups excluding carboxylic acids is 1. The van der Waals surface area contributed by atoms with E-state index in [2.05, 4.69) is 44.4 Å². The number of piperidine rings is 1. The second-order valence-electron chi connectivity index (χ2n) is 7.52. The van der Waals surface area contributed by atoms with E-state index in [1.54, 1.807) is 6.20 Å². The van der Waals surface area contributed by atoms with Crippen LogP contribution in [0, 0.1) is 0 Å². The molecule has 2 saturated heterocycles. The molecule has 2 aromatic rings. The van der Waals surface area contributed by atoms with Crippen molar-refractivity contribution in [3.8, 4) is 0 Å². The number of hydrogen-bond donors (Lipinski definition) is 1. The molecule has 1 aromatic heterocycles. The first-order valence-corrected chi connectivity index (χ1v) is 10.3. The summed E-state index contributed by atoms with van der Waals surface area (Å²) in [5.41, 5.74) is 3.45. The van der Waals surface area contributed by atoms with E-state index in [1.807, 2.05) is 23.1 Å². The van der Waals surface area contributed by atoms with Crippen molar-refractivity contribution in [1.82, 2.24) is 15.2 Å². The number of nitrogens with one attached hydrogen (secondary N) is 1. The van der Waals surface area contributed by atoms with Gasteiger partial charge in [-0.1, -0.05) is 6.07 Å². The van der Waals surface area contributed by atoms with Gasteiger partial charge in [0.25, 0.3) is 0 Å². The lowest BCUT2D eigenvalue weighted by Crippen LogP contribution is -2.51. The van der Waals surface area contributed by atoms with Gasteiger partial charge in [0.05, 0.1) is 12.2 Å². The van der Waals surface area contributed by atoms with Crippen LogP contribution in [0.3, 0.4) is 0 Å². The molecule has 2 aliphatic heterocycles. The lowest BCUT2D eigenvalue weighted by Gasteiger charge is -2.36. The first-order valence-electron chi connectivity index (χ1n) is 10.3. The lowest BCUT2D eigenvalue weighted by molar-refractivity contribution is 0.194. The van der Waals surface area contributed by atoms with Crippen LogP contribution in [0.5, 0.6) is 0 Å². The van der Waals surface area contributed by atoms with E-state index in [9.17, 15) is 4.79 Å². The third kappa shape index (κ3) is 4.55. The number of urea groups is 1. The molecule has 4 rings (SSSR count). The molecule has 28 heavy (non-hydrogen) atoms. The van der Waals surface area contributed by atoms with Crippen molar-refractivity contribution < 1.29 is 4.79 Å². The lowest BCUT2D eigenvalue weighted by atomic mass is 10.1. The van der Waals surface area contributed by atoms with Crippen molar-refractivity contribution in [2.45, 2.75) is 25.8 Å². The van der Waals surface area contributed by atoms with Crippen LogP contribution in [-0.2, 0) is 6.54 Å². The molecule has 2 aliphatic rings. The number of anilines is 2. The highest BCUT2D eigenvalue weighted by Gasteiger charge is 2.21. The number of pyridine rings is 1. The quantitative estimate of drug-likeness (QED) is 0.887. The number of hydrogen-bond acceptors (Lipinski definition) is 4. The van der Waals surface area contributed by atoms with Crippen molar-refractivity contribution in [2.24, 2.45) is 0 Å². The molecule has 1 N–H and O–H groups in total. The molecule has 3 heterocycles. The highest BCUT2D eigenvalue weighted by Crippen LogP contribution is 2.24. The average molecular weight is 380 g/mol. The number of aromatic nitrogens is 1. The molecule has 0 radical (unpaired) electrons. The molecule has 0 aliphatic carbocycles. The van der Waals surface area contributed by atoms with Crippen LogP contribution >= 0.6 is 0 Å². The Labute approximate surface area is 167 Å². The fraction of sp³-hybridized carbons (Fsp3) is 0.455. The Kier molecular flexibility index (Phi) is 5.95. The number of carbonyl (C=O) groups is 1. The summed E-state index contributed by atoms with van der Waals surface area (Å²) in [4.78, 5) is 23.4. The van der Waals surface area contributed by atoms with Crippen molar-refractivity contribution in [2.75, 3.05) is 49.1 Å². The molecular weight excluding hydrogens is 350 g/mol. The van der Waals surface area contributed by atoms with Gasteiger partial charge in [0.2, 0.25) is 0 Å². The Hall–Kier alpha value is -2.76. The van der Waals surface area contributed by atoms with Gasteiger partial charge in [-0.15, -0.1) is 0 Å². The van der Waals surface area contributed by atoms with Crippen molar-refractivity contribution in [3.05, 3.63) is 54.4 Å². The van der Waals surface area contributed by atoms with Gasteiger partial charge >= 0.3 is 6.03 Å². The minimum Gasteiger partial charge on any atom is -0.372 e. The number of rotatable bonds is 4. The van der Waals surface area contributed by atoms with Crippen LogP contribution in [0.2, 0.25) is 0 Å². The summed E-state index contributed by atoms with van der Waals surface area (Å²) in [6.07, 6.45) is 5.70. The average Bonchev–Trinajstić information content (AvgIpc) is 2.79. The summed E-state index contributed by atoms with van der Waals surface area (Å²) in [7, 11) is 0. The second-order valence-corrected chi connectivity index (χ2v) is 7.52. The third-order valence-corrected chi connectivity index (χ3v) is 5.65. The van der Waals surface area contributed by atoms with Crippen LogP contribution in [0.4, 0.5) is 16.2 Å². The van der Waals surface area contributed by atoms with Crippen LogP contribution in [-0.4, -0.2) is 55.2 Å². The topological polar surface area (TPSA) is 51.7 Å². The molecule has 0 atom stereocenters. The zero-order chi connectivity index (χ0) is 19.2. The summed E-state index contributed by atoms with van der Waals surface area (Å²) in [5, 5.41) is 2.97. The summed E-state index contributed by atoms with van der Waals surface area (Å²) in [6.45, 7) is 6.01. The van der Waals surface area contributed by atoms with Gasteiger partial charge in [-0.3, -0.25) is 4.98 Å². The molecule has 0 spiro atoms. The minimum atomic E-state index is -0.00857. The fourth-order valence-corrected chi connectivity index (χ4v) is 3.97. The number of benzene rings is 1. The first kappa shape index (κ1) is 18.6. The largest absolute Gasteiger partial charge is 0.372 e. The maximum Gasteiger partial charge on any atom is 0.317 e. The number of nitrogens with zero attached hydrogens (tertiary/aromatic N) is 4. The Morgan fingerprint density at radius 1 is 0.821 bits per heavy atom. The maximum absolute atomic E-state index is 12.4. The summed E-state index contributed by atoms with van der Waals surface area (Å²) < 4.78 is 0. The molecule has 6 nitrogen and oxygen atoms in total. The summed E-state index contributed by atoms with van der Waals surface area (Å²) in [5.74, 6) is 0. The van der Waals surface area contributed by atoms with Gasteiger partial charge in [-0.2, -0.15) is 0 Å². The smallest absolute Gasteiger partial charge is 0.317 e. The van der Waals surface area contributed by atoms with Crippen LogP contribution < -0.4 is 15.1 Å². The molecule has 0 unspecified atom stereocenters. The molecule has 2 amide bonds. The van der Waals surface area contributed by atoms with Crippen LogP contribution in [0.25, 0.3) is 0 Å². The van der Waals surface area contributed by atoms with E-state index in [1.165, 1.54) is 43.7 Å². The predicted octanol–water partition coefficient (Wildman–Crippen LogP) is 3.10. The Morgan fingerprint density at radius 2 is 1.46 bits per heavy atom. The van der Waals surface area contributed by atoms with Crippen LogP contribution in [0.1, 0.15) is 25.0 Å². The van der Waals surface area contributed by atoms with E-state index < -0.39 is 0 Å². The van der Waals surface area contributed by atoms with Gasteiger partial charge in [-0.25, -0.2) is 4.79 Å². The molecule has 0 saturated carbocycles. The van der Waals surface area contributed by atoms with Crippen molar-refractivity contribution >= 4 is 17.4 Å². The van der Waals surface area contributed by atoms with Crippen molar-refractivity contribution in [1.29, 1.82) is 0 Å². The van der Waals surface area contributed by atoms with Gasteiger partial charge < -0.3 is 20.0 Å². The van der Waals surface area contributed by atoms with E-state index in [0.717, 1.165) is 31.9 Å². The Bertz CT molecular complexity index is 750. The molecule has 148 valence electrons. The monoisotopic (exact) mass is 379 g/mol. The minimum absolute atomic E-state index is 0.00857. The SMILES string of the molecule is O=C(NCc1ccccn1)N1CCN(c2ccc(N3CCCCC3)cc2)CC1. The Balaban J connectivity index is 1.26. The Morgan fingerprint density at radius 3 is 2.07 bits per heavy atom. The molecule has 2 fully saturated rings. The maximum atomic E-state index is 12.4. The second kappa shape index (κ2) is 8.95. The number of amides is 2. The van der Waals surface area contributed by atoms with E-state index >= 15 is 0 Å². The van der Waals surface area contributed by atoms with E-state index in [0.29, 0.717) is 6.54 Å². The van der Waals surface area contributed by atoms with Gasteiger partial charge in [0.1, 0.15) is 0 Å². The standard InChI is InChI=1S/C22H29N5O/c28-22(24-18-19-6-2-3-11-23-19)27-16-14-26(15-17-27)21-9-7-20(8-10-21)25-12-4-1-5-13-25/h2-3,6-11H,1,4-5,12-18H2,(H,24,28). The van der Waals surface area contributed by atoms with Gasteiger partial charge in [0, 0.05) is 56.8 Å².